The second kappa shape index (κ2) is 4.62. The number of nitrogens with zero attached hydrogens (tertiary/aromatic N) is 3. The van der Waals surface area contributed by atoms with E-state index in [0.717, 1.165) is 4.88 Å². The summed E-state index contributed by atoms with van der Waals surface area (Å²) in [7, 11) is 0. The van der Waals surface area contributed by atoms with Crippen LogP contribution in [0.3, 0.4) is 0 Å². The van der Waals surface area contributed by atoms with Gasteiger partial charge in [0.25, 0.3) is 11.6 Å². The van der Waals surface area contributed by atoms with E-state index in [1.54, 1.807) is 12.1 Å². The van der Waals surface area contributed by atoms with E-state index >= 15 is 0 Å². The van der Waals surface area contributed by atoms with Crippen molar-refractivity contribution in [2.45, 2.75) is 0 Å². The highest BCUT2D eigenvalue weighted by molar-refractivity contribution is 7.13. The minimum Gasteiger partial charge on any atom is -0.334 e. The highest BCUT2D eigenvalue weighted by atomic mass is 32.1. The van der Waals surface area contributed by atoms with E-state index in [1.165, 1.54) is 23.5 Å². The van der Waals surface area contributed by atoms with Gasteiger partial charge < -0.3 is 4.52 Å². The highest BCUT2D eigenvalue weighted by Gasteiger charge is 2.12. The Morgan fingerprint density at radius 1 is 1.21 bits per heavy atom. The summed E-state index contributed by atoms with van der Waals surface area (Å²) in [5, 5.41) is 16.4. The Hall–Kier alpha value is -2.54. The average Bonchev–Trinajstić information content (AvgIpc) is 3.10. The fraction of sp³-hybridized carbons (Fsp3) is 0. The zero-order valence-electron chi connectivity index (χ0n) is 9.52. The van der Waals surface area contributed by atoms with Crippen LogP contribution in [0, 0.1) is 10.1 Å². The van der Waals surface area contributed by atoms with Crippen LogP contribution >= 0.6 is 11.3 Å². The maximum Gasteiger partial charge on any atom is 0.269 e. The normalized spacial score (nSPS) is 10.5. The summed E-state index contributed by atoms with van der Waals surface area (Å²) in [6.45, 7) is 0. The first kappa shape index (κ1) is 11.5. The van der Waals surface area contributed by atoms with Gasteiger partial charge in [-0.3, -0.25) is 10.1 Å². The second-order valence-corrected chi connectivity index (χ2v) is 4.65. The molecule has 7 heteroatoms. The number of thiophene rings is 1. The molecule has 2 heterocycles. The van der Waals surface area contributed by atoms with E-state index < -0.39 is 4.92 Å². The molecule has 6 nitrogen and oxygen atoms in total. The summed E-state index contributed by atoms with van der Waals surface area (Å²) in [5.74, 6) is 0.863. The Kier molecular flexibility index (Phi) is 2.81. The molecule has 0 bridgehead atoms. The molecule has 0 aliphatic carbocycles. The predicted octanol–water partition coefficient (Wildman–Crippen LogP) is 3.37. The smallest absolute Gasteiger partial charge is 0.269 e. The molecule has 19 heavy (non-hydrogen) atoms. The van der Waals surface area contributed by atoms with Crippen molar-refractivity contribution in [3.05, 3.63) is 51.9 Å². The number of nitro groups is 1. The summed E-state index contributed by atoms with van der Waals surface area (Å²) >= 11 is 1.52. The number of hydrogen-bond donors (Lipinski definition) is 0. The van der Waals surface area contributed by atoms with Gasteiger partial charge in [0.2, 0.25) is 5.82 Å². The molecule has 0 saturated heterocycles. The lowest BCUT2D eigenvalue weighted by atomic mass is 10.2. The van der Waals surface area contributed by atoms with Crippen molar-refractivity contribution in [2.24, 2.45) is 0 Å². The number of nitro benzene ring substituents is 1. The van der Waals surface area contributed by atoms with Gasteiger partial charge in [-0.15, -0.1) is 11.3 Å². The monoisotopic (exact) mass is 273 g/mol. The summed E-state index contributed by atoms with van der Waals surface area (Å²) < 4.78 is 5.15. The highest BCUT2D eigenvalue weighted by Crippen LogP contribution is 2.26. The van der Waals surface area contributed by atoms with Gasteiger partial charge >= 0.3 is 0 Å². The van der Waals surface area contributed by atoms with Gasteiger partial charge in [-0.25, -0.2) is 0 Å². The van der Waals surface area contributed by atoms with Crippen LogP contribution in [-0.4, -0.2) is 15.1 Å². The Balaban J connectivity index is 1.92. The molecular formula is C12H7N3O3S. The van der Waals surface area contributed by atoms with E-state index in [2.05, 4.69) is 10.1 Å². The SMILES string of the molecule is O=[N+]([O-])c1ccc(-c2nc(-c3cccs3)no2)cc1. The van der Waals surface area contributed by atoms with Crippen molar-refractivity contribution in [1.29, 1.82) is 0 Å². The first-order valence-electron chi connectivity index (χ1n) is 5.36. The molecule has 0 aliphatic rings. The molecule has 0 amide bonds. The van der Waals surface area contributed by atoms with E-state index in [9.17, 15) is 10.1 Å². The van der Waals surface area contributed by atoms with E-state index in [4.69, 9.17) is 4.52 Å². The van der Waals surface area contributed by atoms with Crippen LogP contribution in [0.25, 0.3) is 22.2 Å². The largest absolute Gasteiger partial charge is 0.334 e. The number of benzene rings is 1. The van der Waals surface area contributed by atoms with E-state index in [-0.39, 0.29) is 5.69 Å². The molecule has 0 radical (unpaired) electrons. The fourth-order valence-electron chi connectivity index (χ4n) is 1.57. The first-order valence-corrected chi connectivity index (χ1v) is 6.24. The third-order valence-corrected chi connectivity index (χ3v) is 3.36. The van der Waals surface area contributed by atoms with Crippen LogP contribution < -0.4 is 0 Å². The predicted molar refractivity (Wildman–Crippen MR) is 69.7 cm³/mol. The van der Waals surface area contributed by atoms with E-state index in [1.807, 2.05) is 17.5 Å². The van der Waals surface area contributed by atoms with Crippen molar-refractivity contribution in [2.75, 3.05) is 0 Å². The third-order valence-electron chi connectivity index (χ3n) is 2.49. The zero-order valence-corrected chi connectivity index (χ0v) is 10.3. The Bertz CT molecular complexity index is 704. The van der Waals surface area contributed by atoms with Crippen molar-refractivity contribution >= 4 is 17.0 Å². The Morgan fingerprint density at radius 2 is 2.00 bits per heavy atom. The molecule has 0 unspecified atom stereocenters. The molecule has 94 valence electrons. The molecule has 0 aliphatic heterocycles. The molecule has 0 saturated carbocycles. The standard InChI is InChI=1S/C12H7N3O3S/c16-15(17)9-5-3-8(4-6-9)12-13-11(14-18-12)10-2-1-7-19-10/h1-7H. The maximum atomic E-state index is 10.6. The summed E-state index contributed by atoms with van der Waals surface area (Å²) in [6.07, 6.45) is 0. The van der Waals surface area contributed by atoms with Gasteiger partial charge in [0.15, 0.2) is 0 Å². The number of hydrogen-bond acceptors (Lipinski definition) is 6. The van der Waals surface area contributed by atoms with Crippen LogP contribution in [0.2, 0.25) is 0 Å². The number of non-ortho nitro benzene ring substituents is 1. The van der Waals surface area contributed by atoms with Crippen molar-refractivity contribution < 1.29 is 9.45 Å². The lowest BCUT2D eigenvalue weighted by Gasteiger charge is -1.93. The molecule has 3 rings (SSSR count). The van der Waals surface area contributed by atoms with Gasteiger partial charge in [0.1, 0.15) is 0 Å². The molecule has 0 N–H and O–H groups in total. The molecule has 0 atom stereocenters. The van der Waals surface area contributed by atoms with Crippen molar-refractivity contribution in [3.8, 4) is 22.2 Å². The van der Waals surface area contributed by atoms with Gasteiger partial charge in [0.05, 0.1) is 9.80 Å². The second-order valence-electron chi connectivity index (χ2n) is 3.70. The molecule has 0 spiro atoms. The molecule has 2 aromatic heterocycles. The van der Waals surface area contributed by atoms with Crippen LogP contribution in [0.15, 0.2) is 46.3 Å². The molecule has 3 aromatic rings. The minimum absolute atomic E-state index is 0.0294. The van der Waals surface area contributed by atoms with Gasteiger partial charge in [-0.2, -0.15) is 4.98 Å². The van der Waals surface area contributed by atoms with Crippen molar-refractivity contribution in [3.63, 3.8) is 0 Å². The first-order chi connectivity index (χ1) is 9.24. The van der Waals surface area contributed by atoms with Crippen molar-refractivity contribution in [1.82, 2.24) is 10.1 Å². The summed E-state index contributed by atoms with van der Waals surface area (Å²) in [6, 6.07) is 9.79. The number of aromatic nitrogens is 2. The molecule has 1 aromatic carbocycles. The molecular weight excluding hydrogens is 266 g/mol. The van der Waals surface area contributed by atoms with E-state index in [0.29, 0.717) is 17.3 Å². The lowest BCUT2D eigenvalue weighted by Crippen LogP contribution is -1.87. The Morgan fingerprint density at radius 3 is 2.63 bits per heavy atom. The maximum absolute atomic E-state index is 10.6. The zero-order chi connectivity index (χ0) is 13.2. The number of rotatable bonds is 3. The van der Waals surface area contributed by atoms with Crippen LogP contribution in [0.5, 0.6) is 0 Å². The average molecular weight is 273 g/mol. The lowest BCUT2D eigenvalue weighted by molar-refractivity contribution is -0.384. The summed E-state index contributed by atoms with van der Waals surface area (Å²) in [5.41, 5.74) is 0.683. The topological polar surface area (TPSA) is 82.1 Å². The van der Waals surface area contributed by atoms with Crippen LogP contribution in [0.4, 0.5) is 5.69 Å². The quantitative estimate of drug-likeness (QED) is 0.539. The Labute approximate surface area is 111 Å². The third kappa shape index (κ3) is 2.23. The fourth-order valence-corrected chi connectivity index (χ4v) is 2.22. The van der Waals surface area contributed by atoms with Gasteiger partial charge in [-0.05, 0) is 23.6 Å². The van der Waals surface area contributed by atoms with Gasteiger partial charge in [0, 0.05) is 17.7 Å². The van der Waals surface area contributed by atoms with Crippen LogP contribution in [-0.2, 0) is 0 Å². The summed E-state index contributed by atoms with van der Waals surface area (Å²) in [4.78, 5) is 15.3. The van der Waals surface area contributed by atoms with Gasteiger partial charge in [-0.1, -0.05) is 11.2 Å². The van der Waals surface area contributed by atoms with Crippen LogP contribution in [0.1, 0.15) is 0 Å². The molecule has 0 fully saturated rings. The minimum atomic E-state index is -0.450.